The fourth-order valence-electron chi connectivity index (χ4n) is 1.01. The molecule has 0 saturated carbocycles. The first-order valence-electron chi connectivity index (χ1n) is 4.47. The normalized spacial score (nSPS) is 10.0. The van der Waals surface area contributed by atoms with E-state index >= 15 is 0 Å². The van der Waals surface area contributed by atoms with Crippen molar-refractivity contribution in [3.05, 3.63) is 18.1 Å². The molecule has 0 aliphatic carbocycles. The topological polar surface area (TPSA) is 81.3 Å². The van der Waals surface area contributed by atoms with Gasteiger partial charge in [0.1, 0.15) is 11.5 Å². The summed E-state index contributed by atoms with van der Waals surface area (Å²) >= 11 is 0. The number of rotatable bonds is 4. The van der Waals surface area contributed by atoms with Crippen LogP contribution in [0, 0.1) is 0 Å². The van der Waals surface area contributed by atoms with Crippen LogP contribution >= 0.6 is 0 Å². The number of nitrogens with zero attached hydrogens (tertiary/aromatic N) is 3. The minimum atomic E-state index is -0.216. The highest BCUT2D eigenvalue weighted by Gasteiger charge is 2.13. The molecule has 0 spiro atoms. The molecule has 0 aromatic carbocycles. The summed E-state index contributed by atoms with van der Waals surface area (Å²) in [5.41, 5.74) is 5.67. The Kier molecular flexibility index (Phi) is 3.99. The molecule has 6 heteroatoms. The Bertz CT molecular complexity index is 343. The molecule has 0 aliphatic rings. The first-order chi connectivity index (χ1) is 7.15. The zero-order chi connectivity index (χ0) is 11.3. The predicted molar refractivity (Wildman–Crippen MR) is 55.3 cm³/mol. The molecule has 1 rings (SSSR count). The molecule has 2 N–H and O–H groups in total. The number of methoxy groups -OCH3 is 1. The lowest BCUT2D eigenvalue weighted by atomic mass is 10.4. The summed E-state index contributed by atoms with van der Waals surface area (Å²) in [5.74, 6) is 0.0211. The van der Waals surface area contributed by atoms with Crippen molar-refractivity contribution in [2.45, 2.75) is 0 Å². The molecule has 82 valence electrons. The number of hydrogen-bond donors (Lipinski definition) is 1. The second-order valence-electron chi connectivity index (χ2n) is 3.05. The standard InChI is InChI=1S/C9H14N4O2/c1-13(3-4-15-2)9(14)7-5-11-6-8(10)12-7/h5-6H,3-4H2,1-2H3,(H2,10,12). The van der Waals surface area contributed by atoms with Gasteiger partial charge in [-0.25, -0.2) is 4.98 Å². The molecule has 0 fully saturated rings. The number of carbonyl (C=O) groups is 1. The van der Waals surface area contributed by atoms with Crippen molar-refractivity contribution < 1.29 is 9.53 Å². The van der Waals surface area contributed by atoms with Crippen LogP contribution in [0.2, 0.25) is 0 Å². The van der Waals surface area contributed by atoms with Crippen LogP contribution in [0.1, 0.15) is 10.5 Å². The van der Waals surface area contributed by atoms with Gasteiger partial charge >= 0.3 is 0 Å². The van der Waals surface area contributed by atoms with Crippen LogP contribution in [0.3, 0.4) is 0 Å². The Labute approximate surface area is 88.1 Å². The third-order valence-electron chi connectivity index (χ3n) is 1.85. The van der Waals surface area contributed by atoms with Gasteiger partial charge in [0.2, 0.25) is 0 Å². The smallest absolute Gasteiger partial charge is 0.273 e. The van der Waals surface area contributed by atoms with Crippen molar-refractivity contribution in [3.8, 4) is 0 Å². The first kappa shape index (κ1) is 11.4. The van der Waals surface area contributed by atoms with Crippen LogP contribution in [-0.2, 0) is 4.74 Å². The number of anilines is 1. The third-order valence-corrected chi connectivity index (χ3v) is 1.85. The number of aromatic nitrogens is 2. The highest BCUT2D eigenvalue weighted by Crippen LogP contribution is 2.01. The van der Waals surface area contributed by atoms with E-state index in [0.717, 1.165) is 0 Å². The Morgan fingerprint density at radius 1 is 1.60 bits per heavy atom. The number of nitrogens with two attached hydrogens (primary N) is 1. The summed E-state index contributed by atoms with van der Waals surface area (Å²) in [7, 11) is 3.25. The second kappa shape index (κ2) is 5.26. The minimum absolute atomic E-state index is 0.216. The predicted octanol–water partition coefficient (Wildman–Crippen LogP) is -0.223. The highest BCUT2D eigenvalue weighted by atomic mass is 16.5. The van der Waals surface area contributed by atoms with Crippen molar-refractivity contribution >= 4 is 11.7 Å². The molecule has 1 amide bonds. The molecular weight excluding hydrogens is 196 g/mol. The van der Waals surface area contributed by atoms with Crippen LogP contribution in [0.25, 0.3) is 0 Å². The van der Waals surface area contributed by atoms with Gasteiger partial charge in [0.15, 0.2) is 0 Å². The number of carbonyl (C=O) groups excluding carboxylic acids is 1. The molecule has 0 bridgehead atoms. The van der Waals surface area contributed by atoms with Gasteiger partial charge in [0.25, 0.3) is 5.91 Å². The second-order valence-corrected chi connectivity index (χ2v) is 3.05. The summed E-state index contributed by atoms with van der Waals surface area (Å²) in [6.45, 7) is 0.990. The van der Waals surface area contributed by atoms with E-state index in [0.29, 0.717) is 13.2 Å². The number of nitrogen functional groups attached to an aromatic ring is 1. The van der Waals surface area contributed by atoms with Gasteiger partial charge in [0, 0.05) is 20.7 Å². The maximum Gasteiger partial charge on any atom is 0.273 e. The van der Waals surface area contributed by atoms with Gasteiger partial charge in [-0.3, -0.25) is 9.78 Å². The molecule has 0 radical (unpaired) electrons. The fourth-order valence-corrected chi connectivity index (χ4v) is 1.01. The molecule has 1 heterocycles. The molecule has 1 aromatic rings. The lowest BCUT2D eigenvalue weighted by Crippen LogP contribution is -2.30. The average molecular weight is 210 g/mol. The van der Waals surface area contributed by atoms with E-state index in [-0.39, 0.29) is 17.4 Å². The summed E-state index contributed by atoms with van der Waals surface area (Å²) in [6.07, 6.45) is 2.79. The van der Waals surface area contributed by atoms with Crippen molar-refractivity contribution in [1.29, 1.82) is 0 Å². The van der Waals surface area contributed by atoms with Gasteiger partial charge in [-0.05, 0) is 0 Å². The Hall–Kier alpha value is -1.69. The van der Waals surface area contributed by atoms with Crippen LogP contribution < -0.4 is 5.73 Å². The van der Waals surface area contributed by atoms with Crippen LogP contribution in [-0.4, -0.2) is 48.1 Å². The quantitative estimate of drug-likeness (QED) is 0.742. The van der Waals surface area contributed by atoms with E-state index < -0.39 is 0 Å². The molecular formula is C9H14N4O2. The molecule has 6 nitrogen and oxygen atoms in total. The molecule has 0 unspecified atom stereocenters. The first-order valence-corrected chi connectivity index (χ1v) is 4.47. The van der Waals surface area contributed by atoms with Crippen molar-refractivity contribution in [2.24, 2.45) is 0 Å². The highest BCUT2D eigenvalue weighted by molar-refractivity contribution is 5.92. The number of hydrogen-bond acceptors (Lipinski definition) is 5. The van der Waals surface area contributed by atoms with Gasteiger partial charge in [0.05, 0.1) is 19.0 Å². The molecule has 1 aromatic heterocycles. The van der Waals surface area contributed by atoms with Gasteiger partial charge in [-0.15, -0.1) is 0 Å². The lowest BCUT2D eigenvalue weighted by molar-refractivity contribution is 0.0738. The van der Waals surface area contributed by atoms with Gasteiger partial charge < -0.3 is 15.4 Å². The molecule has 15 heavy (non-hydrogen) atoms. The maximum atomic E-state index is 11.7. The van der Waals surface area contributed by atoms with Gasteiger partial charge in [-0.1, -0.05) is 0 Å². The van der Waals surface area contributed by atoms with E-state index in [2.05, 4.69) is 9.97 Å². The molecule has 0 atom stereocenters. The SMILES string of the molecule is COCCN(C)C(=O)c1cncc(N)n1. The van der Waals surface area contributed by atoms with Crippen LogP contribution in [0.15, 0.2) is 12.4 Å². The van der Waals surface area contributed by atoms with Gasteiger partial charge in [-0.2, -0.15) is 0 Å². The number of ether oxygens (including phenoxy) is 1. The minimum Gasteiger partial charge on any atom is -0.383 e. The summed E-state index contributed by atoms with van der Waals surface area (Å²) in [6, 6.07) is 0. The van der Waals surface area contributed by atoms with Crippen molar-refractivity contribution in [1.82, 2.24) is 14.9 Å². The average Bonchev–Trinajstić information content (AvgIpc) is 2.24. The molecule has 0 saturated heterocycles. The Morgan fingerprint density at radius 2 is 2.33 bits per heavy atom. The molecule has 0 aliphatic heterocycles. The Balaban J connectivity index is 2.67. The zero-order valence-corrected chi connectivity index (χ0v) is 8.80. The van der Waals surface area contributed by atoms with Crippen molar-refractivity contribution in [3.63, 3.8) is 0 Å². The number of likely N-dealkylation sites (N-methyl/N-ethyl adjacent to an activating group) is 1. The third kappa shape index (κ3) is 3.17. The fraction of sp³-hybridized carbons (Fsp3) is 0.444. The zero-order valence-electron chi connectivity index (χ0n) is 8.80. The largest absolute Gasteiger partial charge is 0.383 e. The monoisotopic (exact) mass is 210 g/mol. The maximum absolute atomic E-state index is 11.7. The van der Waals surface area contributed by atoms with Crippen LogP contribution in [0.5, 0.6) is 0 Å². The Morgan fingerprint density at radius 3 is 2.93 bits per heavy atom. The van der Waals surface area contributed by atoms with E-state index in [4.69, 9.17) is 10.5 Å². The van der Waals surface area contributed by atoms with E-state index in [1.165, 1.54) is 17.3 Å². The summed E-state index contributed by atoms with van der Waals surface area (Å²) in [4.78, 5) is 20.9. The number of amides is 1. The summed E-state index contributed by atoms with van der Waals surface area (Å²) in [5, 5.41) is 0. The van der Waals surface area contributed by atoms with E-state index in [1.807, 2.05) is 0 Å². The van der Waals surface area contributed by atoms with E-state index in [1.54, 1.807) is 14.2 Å². The van der Waals surface area contributed by atoms with Crippen LogP contribution in [0.4, 0.5) is 5.82 Å². The summed E-state index contributed by atoms with van der Waals surface area (Å²) < 4.78 is 4.87. The lowest BCUT2D eigenvalue weighted by Gasteiger charge is -2.15. The van der Waals surface area contributed by atoms with E-state index in [9.17, 15) is 4.79 Å². The van der Waals surface area contributed by atoms with Crippen molar-refractivity contribution in [2.75, 3.05) is 33.0 Å².